The van der Waals surface area contributed by atoms with Gasteiger partial charge in [-0.15, -0.1) is 0 Å². The van der Waals surface area contributed by atoms with Gasteiger partial charge in [0.15, 0.2) is 0 Å². The maximum absolute atomic E-state index is 5.81. The highest BCUT2D eigenvalue weighted by molar-refractivity contribution is 4.95. The van der Waals surface area contributed by atoms with E-state index < -0.39 is 0 Å². The van der Waals surface area contributed by atoms with Crippen molar-refractivity contribution in [2.75, 3.05) is 19.6 Å². The maximum Gasteiger partial charge on any atom is 0.0275 e. The molecule has 0 aromatic heterocycles. The van der Waals surface area contributed by atoms with Crippen LogP contribution in [-0.2, 0) is 0 Å². The fourth-order valence-corrected chi connectivity index (χ4v) is 2.89. The Bertz CT molecular complexity index is 196. The minimum absolute atomic E-state index is 0.214. The Labute approximate surface area is 87.8 Å². The summed E-state index contributed by atoms with van der Waals surface area (Å²) < 4.78 is 0. The molecule has 0 radical (unpaired) electrons. The predicted molar refractivity (Wildman–Crippen MR) is 60.2 cm³/mol. The average molecular weight is 196 g/mol. The van der Waals surface area contributed by atoms with Crippen LogP contribution in [0.1, 0.15) is 46.0 Å². The van der Waals surface area contributed by atoms with Gasteiger partial charge in [-0.2, -0.15) is 0 Å². The van der Waals surface area contributed by atoms with E-state index in [1.165, 1.54) is 45.2 Å². The number of hydrogen-bond donors (Lipinski definition) is 1. The summed E-state index contributed by atoms with van der Waals surface area (Å²) >= 11 is 0. The monoisotopic (exact) mass is 196 g/mol. The summed E-state index contributed by atoms with van der Waals surface area (Å²) in [5.74, 6) is 0. The van der Waals surface area contributed by atoms with E-state index in [9.17, 15) is 0 Å². The van der Waals surface area contributed by atoms with Crippen LogP contribution in [0.4, 0.5) is 0 Å². The van der Waals surface area contributed by atoms with Crippen LogP contribution in [0.25, 0.3) is 0 Å². The Kier molecular flexibility index (Phi) is 2.61. The number of rotatable bonds is 2. The van der Waals surface area contributed by atoms with Gasteiger partial charge in [-0.3, -0.25) is 4.90 Å². The lowest BCUT2D eigenvalue weighted by Crippen LogP contribution is -2.55. The predicted octanol–water partition coefficient (Wildman–Crippen LogP) is 1.99. The first-order chi connectivity index (χ1) is 6.58. The summed E-state index contributed by atoms with van der Waals surface area (Å²) in [6, 6.07) is 0. The number of likely N-dealkylation sites (tertiary alicyclic amines) is 1. The second-order valence-electron chi connectivity index (χ2n) is 5.86. The highest BCUT2D eigenvalue weighted by atomic mass is 15.2. The Morgan fingerprint density at radius 3 is 2.07 bits per heavy atom. The highest BCUT2D eigenvalue weighted by Crippen LogP contribution is 2.49. The van der Waals surface area contributed by atoms with Crippen LogP contribution >= 0.6 is 0 Å². The van der Waals surface area contributed by atoms with Gasteiger partial charge >= 0.3 is 0 Å². The largest absolute Gasteiger partial charge is 0.329 e. The first kappa shape index (κ1) is 10.4. The van der Waals surface area contributed by atoms with E-state index in [0.29, 0.717) is 0 Å². The molecular weight excluding hydrogens is 172 g/mol. The van der Waals surface area contributed by atoms with Crippen molar-refractivity contribution < 1.29 is 0 Å². The molecule has 2 fully saturated rings. The van der Waals surface area contributed by atoms with Crippen LogP contribution in [0, 0.1) is 5.41 Å². The smallest absolute Gasteiger partial charge is 0.0275 e. The normalized spacial score (nSPS) is 27.6. The fourth-order valence-electron chi connectivity index (χ4n) is 2.89. The number of nitrogens with two attached hydrogens (primary N) is 1. The zero-order valence-electron chi connectivity index (χ0n) is 9.68. The molecule has 0 unspecified atom stereocenters. The first-order valence-electron chi connectivity index (χ1n) is 6.03. The van der Waals surface area contributed by atoms with E-state index in [2.05, 4.69) is 18.7 Å². The molecule has 1 heterocycles. The quantitative estimate of drug-likeness (QED) is 0.732. The molecule has 1 saturated heterocycles. The highest BCUT2D eigenvalue weighted by Gasteiger charge is 2.41. The minimum atomic E-state index is 0.214. The average Bonchev–Trinajstić information content (AvgIpc) is 2.16. The molecule has 1 aliphatic carbocycles. The number of piperidine rings is 1. The van der Waals surface area contributed by atoms with E-state index in [4.69, 9.17) is 5.73 Å². The van der Waals surface area contributed by atoms with Crippen LogP contribution in [0.3, 0.4) is 0 Å². The molecule has 14 heavy (non-hydrogen) atoms. The molecule has 1 aliphatic heterocycles. The van der Waals surface area contributed by atoms with Gasteiger partial charge in [0.05, 0.1) is 0 Å². The fraction of sp³-hybridized carbons (Fsp3) is 1.00. The van der Waals surface area contributed by atoms with Gasteiger partial charge in [0.1, 0.15) is 0 Å². The number of nitrogens with zero attached hydrogens (tertiary/aromatic N) is 1. The summed E-state index contributed by atoms with van der Waals surface area (Å²) in [4.78, 5) is 2.58. The molecule has 0 aromatic rings. The zero-order chi connectivity index (χ0) is 10.2. The molecule has 2 N–H and O–H groups in total. The van der Waals surface area contributed by atoms with E-state index in [1.807, 2.05) is 0 Å². The topological polar surface area (TPSA) is 29.3 Å². The zero-order valence-corrected chi connectivity index (χ0v) is 9.68. The third kappa shape index (κ3) is 1.70. The minimum Gasteiger partial charge on any atom is -0.329 e. The van der Waals surface area contributed by atoms with Crippen LogP contribution < -0.4 is 5.73 Å². The van der Waals surface area contributed by atoms with Crippen LogP contribution in [-0.4, -0.2) is 30.1 Å². The first-order valence-corrected chi connectivity index (χ1v) is 6.03. The van der Waals surface area contributed by atoms with Crippen LogP contribution in [0.5, 0.6) is 0 Å². The van der Waals surface area contributed by atoms with Crippen LogP contribution in [0.15, 0.2) is 0 Å². The van der Waals surface area contributed by atoms with E-state index >= 15 is 0 Å². The van der Waals surface area contributed by atoms with Crippen molar-refractivity contribution in [2.45, 2.75) is 51.5 Å². The lowest BCUT2D eigenvalue weighted by Gasteiger charge is -2.51. The SMILES string of the molecule is CC(C)(CN)N1CCC2(CCC2)CC1. The third-order valence-electron chi connectivity index (χ3n) is 4.59. The molecule has 2 nitrogen and oxygen atoms in total. The van der Waals surface area contributed by atoms with E-state index in [1.54, 1.807) is 0 Å². The molecule has 0 aromatic carbocycles. The van der Waals surface area contributed by atoms with E-state index in [-0.39, 0.29) is 5.54 Å². The Balaban J connectivity index is 1.89. The van der Waals surface area contributed by atoms with Gasteiger partial charge < -0.3 is 5.73 Å². The summed E-state index contributed by atoms with van der Waals surface area (Å²) in [5.41, 5.74) is 6.79. The lowest BCUT2D eigenvalue weighted by atomic mass is 9.63. The van der Waals surface area contributed by atoms with Gasteiger partial charge in [0.2, 0.25) is 0 Å². The summed E-state index contributed by atoms with van der Waals surface area (Å²) in [5, 5.41) is 0. The molecule has 0 bridgehead atoms. The Hall–Kier alpha value is -0.0800. The van der Waals surface area contributed by atoms with Gasteiger partial charge in [-0.1, -0.05) is 6.42 Å². The molecule has 82 valence electrons. The van der Waals surface area contributed by atoms with Gasteiger partial charge in [0.25, 0.3) is 0 Å². The Morgan fingerprint density at radius 1 is 1.14 bits per heavy atom. The molecule has 2 rings (SSSR count). The maximum atomic E-state index is 5.81. The van der Waals surface area contributed by atoms with Gasteiger partial charge in [0, 0.05) is 12.1 Å². The van der Waals surface area contributed by atoms with Crippen molar-refractivity contribution >= 4 is 0 Å². The molecule has 0 atom stereocenters. The summed E-state index contributed by atoms with van der Waals surface area (Å²) in [7, 11) is 0. The Morgan fingerprint density at radius 2 is 1.71 bits per heavy atom. The van der Waals surface area contributed by atoms with Gasteiger partial charge in [-0.25, -0.2) is 0 Å². The van der Waals surface area contributed by atoms with E-state index in [0.717, 1.165) is 12.0 Å². The van der Waals surface area contributed by atoms with Crippen molar-refractivity contribution in [3.8, 4) is 0 Å². The standard InChI is InChI=1S/C12H24N2/c1-11(2,10-13)14-8-6-12(7-9-14)4-3-5-12/h3-10,13H2,1-2H3. The third-order valence-corrected chi connectivity index (χ3v) is 4.59. The molecular formula is C12H24N2. The molecule has 1 spiro atoms. The van der Waals surface area contributed by atoms with Crippen molar-refractivity contribution in [1.29, 1.82) is 0 Å². The van der Waals surface area contributed by atoms with Crippen molar-refractivity contribution in [3.05, 3.63) is 0 Å². The molecule has 0 amide bonds. The number of hydrogen-bond acceptors (Lipinski definition) is 2. The lowest BCUT2D eigenvalue weighted by molar-refractivity contribution is -0.00478. The van der Waals surface area contributed by atoms with Crippen molar-refractivity contribution in [3.63, 3.8) is 0 Å². The summed E-state index contributed by atoms with van der Waals surface area (Å²) in [6.07, 6.45) is 7.28. The second kappa shape index (κ2) is 3.49. The van der Waals surface area contributed by atoms with Gasteiger partial charge in [-0.05, 0) is 58.0 Å². The van der Waals surface area contributed by atoms with Crippen LogP contribution in [0.2, 0.25) is 0 Å². The van der Waals surface area contributed by atoms with Crippen molar-refractivity contribution in [1.82, 2.24) is 4.90 Å². The molecule has 1 saturated carbocycles. The van der Waals surface area contributed by atoms with Crippen molar-refractivity contribution in [2.24, 2.45) is 11.1 Å². The summed E-state index contributed by atoms with van der Waals surface area (Å²) in [6.45, 7) is 7.85. The molecule has 2 heteroatoms. The molecule has 2 aliphatic rings. The second-order valence-corrected chi connectivity index (χ2v) is 5.86.